The molecule has 1 N–H and O–H groups in total. The lowest BCUT2D eigenvalue weighted by Gasteiger charge is -2.27. The Balaban J connectivity index is 2.62. The number of dihydropyridines is 1. The third-order valence-corrected chi connectivity index (χ3v) is 4.75. The molecule has 1 aliphatic rings. The molecule has 0 saturated carbocycles. The summed E-state index contributed by atoms with van der Waals surface area (Å²) in [6, 6.07) is 6.09. The lowest BCUT2D eigenvalue weighted by atomic mass is 9.87. The van der Waals surface area contributed by atoms with E-state index in [9.17, 15) is 10.1 Å². The van der Waals surface area contributed by atoms with Gasteiger partial charge in [-0.15, -0.1) is 23.1 Å². The third-order valence-electron chi connectivity index (χ3n) is 3.08. The van der Waals surface area contributed by atoms with Gasteiger partial charge >= 0.3 is 5.97 Å². The molecule has 20 heavy (non-hydrogen) atoms. The first kappa shape index (κ1) is 14.7. The van der Waals surface area contributed by atoms with Gasteiger partial charge in [-0.25, -0.2) is 4.79 Å². The van der Waals surface area contributed by atoms with Gasteiger partial charge in [0.25, 0.3) is 0 Å². The Morgan fingerprint density at radius 3 is 2.85 bits per heavy atom. The highest BCUT2D eigenvalue weighted by molar-refractivity contribution is 8.02. The number of carbonyl (C=O) groups excluding carboxylic acids is 1. The number of hydrogen-bond donors (Lipinski definition) is 1. The lowest BCUT2D eigenvalue weighted by molar-refractivity contribution is -0.136. The van der Waals surface area contributed by atoms with E-state index in [1.54, 1.807) is 0 Å². The van der Waals surface area contributed by atoms with E-state index in [0.717, 1.165) is 15.6 Å². The standard InChI is InChI=1S/C14H14N2O2S2/c1-8-11(14(17)18-2)12(10-5-4-6-20-10)9(7-15)13(16-8)19-3/h4-6,12,16H,1-3H3. The second kappa shape index (κ2) is 6.16. The number of hydrogen-bond acceptors (Lipinski definition) is 6. The van der Waals surface area contributed by atoms with Crippen LogP contribution in [0.25, 0.3) is 0 Å². The number of esters is 1. The van der Waals surface area contributed by atoms with Crippen LogP contribution in [0.2, 0.25) is 0 Å². The van der Waals surface area contributed by atoms with Crippen molar-refractivity contribution in [2.24, 2.45) is 0 Å². The van der Waals surface area contributed by atoms with Gasteiger partial charge in [0.15, 0.2) is 0 Å². The minimum absolute atomic E-state index is 0.351. The van der Waals surface area contributed by atoms with Gasteiger partial charge in [0.05, 0.1) is 35.3 Å². The summed E-state index contributed by atoms with van der Waals surface area (Å²) in [6.07, 6.45) is 1.90. The van der Waals surface area contributed by atoms with E-state index in [4.69, 9.17) is 4.74 Å². The molecule has 0 aliphatic carbocycles. The Kier molecular flexibility index (Phi) is 4.53. The molecule has 0 saturated heterocycles. The largest absolute Gasteiger partial charge is 0.466 e. The summed E-state index contributed by atoms with van der Waals surface area (Å²) in [4.78, 5) is 13.1. The van der Waals surface area contributed by atoms with Crippen LogP contribution in [0.15, 0.2) is 39.4 Å². The SMILES string of the molecule is COC(=O)C1=C(C)NC(SC)=C(C#N)C1c1cccs1. The topological polar surface area (TPSA) is 62.1 Å². The number of nitrogens with zero attached hydrogens (tertiary/aromatic N) is 1. The summed E-state index contributed by atoms with van der Waals surface area (Å²) in [5, 5.41) is 15.3. The van der Waals surface area contributed by atoms with E-state index in [0.29, 0.717) is 11.1 Å². The number of thioether (sulfide) groups is 1. The Morgan fingerprint density at radius 1 is 1.60 bits per heavy atom. The first-order valence-corrected chi connectivity index (χ1v) is 8.02. The third kappa shape index (κ3) is 2.47. The van der Waals surface area contributed by atoms with Crippen LogP contribution >= 0.6 is 23.1 Å². The van der Waals surface area contributed by atoms with Gasteiger partial charge in [0.2, 0.25) is 0 Å². The van der Waals surface area contributed by atoms with Gasteiger partial charge in [-0.1, -0.05) is 6.07 Å². The zero-order valence-corrected chi connectivity index (χ0v) is 13.0. The minimum Gasteiger partial charge on any atom is -0.466 e. The molecule has 4 nitrogen and oxygen atoms in total. The fourth-order valence-corrected chi connectivity index (χ4v) is 3.68. The number of allylic oxidation sites excluding steroid dienone is 2. The molecule has 0 radical (unpaired) electrons. The van der Waals surface area contributed by atoms with E-state index in [1.165, 1.54) is 30.2 Å². The van der Waals surface area contributed by atoms with Crippen molar-refractivity contribution in [1.82, 2.24) is 5.32 Å². The van der Waals surface area contributed by atoms with Crippen LogP contribution in [0, 0.1) is 11.3 Å². The van der Waals surface area contributed by atoms with Crippen LogP contribution in [0.3, 0.4) is 0 Å². The molecule has 1 atom stereocenters. The maximum Gasteiger partial charge on any atom is 0.336 e. The van der Waals surface area contributed by atoms with E-state index in [1.807, 2.05) is 30.7 Å². The van der Waals surface area contributed by atoms with Crippen molar-refractivity contribution in [2.45, 2.75) is 12.8 Å². The normalized spacial score (nSPS) is 18.6. The number of carbonyl (C=O) groups is 1. The van der Waals surface area contributed by atoms with Crippen molar-refractivity contribution in [3.63, 3.8) is 0 Å². The van der Waals surface area contributed by atoms with Crippen LogP contribution in [-0.2, 0) is 9.53 Å². The second-order valence-electron chi connectivity index (χ2n) is 4.16. The minimum atomic E-state index is -0.402. The van der Waals surface area contributed by atoms with Crippen LogP contribution < -0.4 is 5.32 Å². The highest BCUT2D eigenvalue weighted by Crippen LogP contribution is 2.41. The van der Waals surface area contributed by atoms with Crippen LogP contribution in [-0.4, -0.2) is 19.3 Å². The second-order valence-corrected chi connectivity index (χ2v) is 5.96. The van der Waals surface area contributed by atoms with Gasteiger partial charge in [0, 0.05) is 10.6 Å². The summed E-state index contributed by atoms with van der Waals surface area (Å²) in [5.41, 5.74) is 1.80. The van der Waals surface area contributed by atoms with Crippen LogP contribution in [0.4, 0.5) is 0 Å². The molecule has 0 aromatic carbocycles. The molecule has 0 fully saturated rings. The molecular formula is C14H14N2O2S2. The van der Waals surface area contributed by atoms with Crippen molar-refractivity contribution in [3.8, 4) is 6.07 Å². The molecule has 1 aromatic rings. The fraction of sp³-hybridized carbons (Fsp3) is 0.286. The lowest BCUT2D eigenvalue weighted by Crippen LogP contribution is -2.27. The smallest absolute Gasteiger partial charge is 0.336 e. The zero-order chi connectivity index (χ0) is 14.7. The van der Waals surface area contributed by atoms with E-state index < -0.39 is 5.97 Å². The van der Waals surface area contributed by atoms with Gasteiger partial charge in [-0.3, -0.25) is 0 Å². The number of nitrogens with one attached hydrogen (secondary N) is 1. The average molecular weight is 306 g/mol. The van der Waals surface area contributed by atoms with Crippen molar-refractivity contribution in [3.05, 3.63) is 44.3 Å². The molecular weight excluding hydrogens is 292 g/mol. The van der Waals surface area contributed by atoms with Gasteiger partial charge < -0.3 is 10.1 Å². The summed E-state index contributed by atoms with van der Waals surface area (Å²) in [6.45, 7) is 1.83. The van der Waals surface area contributed by atoms with Crippen LogP contribution in [0.1, 0.15) is 17.7 Å². The van der Waals surface area contributed by atoms with Crippen molar-refractivity contribution >= 4 is 29.1 Å². The van der Waals surface area contributed by atoms with Gasteiger partial charge in [-0.2, -0.15) is 5.26 Å². The van der Waals surface area contributed by atoms with E-state index >= 15 is 0 Å². The first-order valence-electron chi connectivity index (χ1n) is 5.91. The highest BCUT2D eigenvalue weighted by atomic mass is 32.2. The van der Waals surface area contributed by atoms with Crippen molar-refractivity contribution in [2.75, 3.05) is 13.4 Å². The number of methoxy groups -OCH3 is 1. The summed E-state index contributed by atoms with van der Waals surface area (Å²) in [5.74, 6) is -0.752. The Morgan fingerprint density at radius 2 is 2.35 bits per heavy atom. The molecule has 2 heterocycles. The number of thiophene rings is 1. The number of ether oxygens (including phenoxy) is 1. The molecule has 0 bridgehead atoms. The molecule has 0 spiro atoms. The van der Waals surface area contributed by atoms with Crippen molar-refractivity contribution in [1.29, 1.82) is 5.26 Å². The summed E-state index contributed by atoms with van der Waals surface area (Å²) < 4.78 is 4.88. The maximum atomic E-state index is 12.1. The Bertz CT molecular complexity index is 624. The Labute approximate surface area is 126 Å². The summed E-state index contributed by atoms with van der Waals surface area (Å²) >= 11 is 3.00. The molecule has 1 aromatic heterocycles. The molecule has 2 rings (SSSR count). The molecule has 0 amide bonds. The predicted octanol–water partition coefficient (Wildman–Crippen LogP) is 2.98. The maximum absolute atomic E-state index is 12.1. The molecule has 6 heteroatoms. The molecule has 104 valence electrons. The first-order chi connectivity index (χ1) is 9.63. The monoisotopic (exact) mass is 306 g/mol. The number of rotatable bonds is 3. The highest BCUT2D eigenvalue weighted by Gasteiger charge is 2.35. The van der Waals surface area contributed by atoms with E-state index in [-0.39, 0.29) is 5.92 Å². The summed E-state index contributed by atoms with van der Waals surface area (Å²) in [7, 11) is 1.36. The average Bonchev–Trinajstić information content (AvgIpc) is 2.98. The Hall–Kier alpha value is -1.71. The van der Waals surface area contributed by atoms with E-state index in [2.05, 4.69) is 11.4 Å². The fourth-order valence-electron chi connectivity index (χ4n) is 2.19. The number of nitriles is 1. The quantitative estimate of drug-likeness (QED) is 0.870. The van der Waals surface area contributed by atoms with Crippen molar-refractivity contribution < 1.29 is 9.53 Å². The van der Waals surface area contributed by atoms with Gasteiger partial charge in [-0.05, 0) is 24.6 Å². The molecule has 1 unspecified atom stereocenters. The van der Waals surface area contributed by atoms with Gasteiger partial charge in [0.1, 0.15) is 0 Å². The predicted molar refractivity (Wildman–Crippen MR) is 81.1 cm³/mol. The van der Waals surface area contributed by atoms with Crippen LogP contribution in [0.5, 0.6) is 0 Å². The zero-order valence-electron chi connectivity index (χ0n) is 11.4. The molecule has 1 aliphatic heterocycles.